The summed E-state index contributed by atoms with van der Waals surface area (Å²) < 4.78 is 0. The van der Waals surface area contributed by atoms with Gasteiger partial charge in [-0.3, -0.25) is 9.59 Å². The van der Waals surface area contributed by atoms with E-state index >= 15 is 0 Å². The van der Waals surface area contributed by atoms with Crippen LogP contribution in [0.4, 0.5) is 5.69 Å². The van der Waals surface area contributed by atoms with Crippen molar-refractivity contribution >= 4 is 17.3 Å². The first-order valence-corrected chi connectivity index (χ1v) is 10.9. The molecule has 0 bridgehead atoms. The van der Waals surface area contributed by atoms with Crippen LogP contribution < -0.4 is 5.32 Å². The lowest BCUT2D eigenvalue weighted by Gasteiger charge is -2.46. The van der Waals surface area contributed by atoms with Crippen LogP contribution in [0.2, 0.25) is 0 Å². The fourth-order valence-electron chi connectivity index (χ4n) is 4.52. The number of hydrogen-bond donors (Lipinski definition) is 1. The average Bonchev–Trinajstić information content (AvgIpc) is 2.71. The van der Waals surface area contributed by atoms with Crippen molar-refractivity contribution in [1.82, 2.24) is 0 Å². The van der Waals surface area contributed by atoms with E-state index in [2.05, 4.69) is 65.1 Å². The molecule has 3 heteroatoms. The Hall–Kier alpha value is -2.94. The van der Waals surface area contributed by atoms with Gasteiger partial charge >= 0.3 is 0 Å². The smallest absolute Gasteiger partial charge is 0.196 e. The van der Waals surface area contributed by atoms with Crippen molar-refractivity contribution in [3.05, 3.63) is 88.5 Å². The molecule has 0 fully saturated rings. The van der Waals surface area contributed by atoms with Crippen molar-refractivity contribution < 1.29 is 9.59 Å². The van der Waals surface area contributed by atoms with Crippen LogP contribution in [0.1, 0.15) is 79.8 Å². The Bertz CT molecular complexity index is 1140. The summed E-state index contributed by atoms with van der Waals surface area (Å²) in [4.78, 5) is 26.6. The standard InChI is InChI=1S/C28H31NO2/c1-26(2,3)18-14-16-28(17-15-18,27(4,5)6)29-22-13-9-12-21-23(22)25(31)20-11-8-7-10-19(20)24(21)30/h7-16,29H,17H2,1-6H3. The van der Waals surface area contributed by atoms with E-state index in [0.717, 1.165) is 12.1 Å². The number of ketones is 2. The minimum absolute atomic E-state index is 0.0819. The first kappa shape index (κ1) is 21.3. The molecule has 1 atom stereocenters. The van der Waals surface area contributed by atoms with Crippen molar-refractivity contribution in [2.24, 2.45) is 10.8 Å². The van der Waals surface area contributed by atoms with E-state index in [1.807, 2.05) is 18.2 Å². The fraction of sp³-hybridized carbons (Fsp3) is 0.357. The third kappa shape index (κ3) is 3.46. The van der Waals surface area contributed by atoms with Crippen molar-refractivity contribution in [3.8, 4) is 0 Å². The molecule has 0 saturated heterocycles. The van der Waals surface area contributed by atoms with Crippen LogP contribution in [0.5, 0.6) is 0 Å². The van der Waals surface area contributed by atoms with Crippen molar-refractivity contribution in [2.75, 3.05) is 5.32 Å². The van der Waals surface area contributed by atoms with Crippen LogP contribution in [-0.2, 0) is 0 Å². The van der Waals surface area contributed by atoms with Crippen LogP contribution in [0.25, 0.3) is 0 Å². The van der Waals surface area contributed by atoms with Gasteiger partial charge in [-0.05, 0) is 28.9 Å². The van der Waals surface area contributed by atoms with E-state index in [4.69, 9.17) is 0 Å². The summed E-state index contributed by atoms with van der Waals surface area (Å²) in [5, 5.41) is 3.71. The third-order valence-electron chi connectivity index (χ3n) is 6.71. The van der Waals surface area contributed by atoms with E-state index in [-0.39, 0.29) is 27.9 Å². The highest BCUT2D eigenvalue weighted by molar-refractivity contribution is 6.30. The molecule has 3 nitrogen and oxygen atoms in total. The number of allylic oxidation sites excluding steroid dienone is 2. The zero-order valence-corrected chi connectivity index (χ0v) is 19.3. The Kier molecular flexibility index (Phi) is 4.84. The van der Waals surface area contributed by atoms with Gasteiger partial charge in [-0.25, -0.2) is 0 Å². The van der Waals surface area contributed by atoms with Crippen molar-refractivity contribution in [2.45, 2.75) is 53.5 Å². The minimum atomic E-state index is -0.378. The quantitative estimate of drug-likeness (QED) is 0.515. The lowest BCUT2D eigenvalue weighted by atomic mass is 9.67. The van der Waals surface area contributed by atoms with Gasteiger partial charge in [0.1, 0.15) is 0 Å². The second-order valence-corrected chi connectivity index (χ2v) is 10.7. The molecule has 0 aliphatic heterocycles. The first-order chi connectivity index (χ1) is 14.4. The third-order valence-corrected chi connectivity index (χ3v) is 6.71. The second-order valence-electron chi connectivity index (χ2n) is 10.7. The Balaban J connectivity index is 1.80. The molecule has 160 valence electrons. The fourth-order valence-corrected chi connectivity index (χ4v) is 4.52. The highest BCUT2D eigenvalue weighted by Crippen LogP contribution is 2.44. The molecule has 2 aromatic carbocycles. The predicted octanol–water partition coefficient (Wildman–Crippen LogP) is 6.59. The molecule has 4 rings (SSSR count). The van der Waals surface area contributed by atoms with Gasteiger partial charge in [-0.1, -0.05) is 96.2 Å². The summed E-state index contributed by atoms with van der Waals surface area (Å²) in [6.07, 6.45) is 7.56. The molecule has 2 aromatic rings. The Labute approximate surface area is 185 Å². The first-order valence-electron chi connectivity index (χ1n) is 10.9. The number of carbonyl (C=O) groups excluding carboxylic acids is 2. The number of fused-ring (bicyclic) bond motifs is 2. The van der Waals surface area contributed by atoms with Gasteiger partial charge in [0.15, 0.2) is 11.6 Å². The normalized spacial score (nSPS) is 20.8. The van der Waals surface area contributed by atoms with Crippen LogP contribution >= 0.6 is 0 Å². The summed E-state index contributed by atoms with van der Waals surface area (Å²) in [7, 11) is 0. The number of rotatable bonds is 2. The van der Waals surface area contributed by atoms with Crippen LogP contribution in [-0.4, -0.2) is 17.1 Å². The zero-order chi connectivity index (χ0) is 22.6. The van der Waals surface area contributed by atoms with Gasteiger partial charge in [-0.2, -0.15) is 0 Å². The summed E-state index contributed by atoms with van der Waals surface area (Å²) in [6.45, 7) is 13.3. The Morgan fingerprint density at radius 1 is 0.806 bits per heavy atom. The number of benzene rings is 2. The van der Waals surface area contributed by atoms with Gasteiger partial charge in [0.2, 0.25) is 0 Å². The van der Waals surface area contributed by atoms with Gasteiger partial charge < -0.3 is 5.32 Å². The molecule has 0 saturated carbocycles. The van der Waals surface area contributed by atoms with Crippen molar-refractivity contribution in [1.29, 1.82) is 0 Å². The molecular formula is C28H31NO2. The number of nitrogens with one attached hydrogen (secondary N) is 1. The van der Waals surface area contributed by atoms with E-state index < -0.39 is 0 Å². The topological polar surface area (TPSA) is 46.2 Å². The van der Waals surface area contributed by atoms with Crippen molar-refractivity contribution in [3.63, 3.8) is 0 Å². The van der Waals surface area contributed by atoms with E-state index in [9.17, 15) is 9.59 Å². The molecule has 0 radical (unpaired) electrons. The Morgan fingerprint density at radius 3 is 1.97 bits per heavy atom. The Morgan fingerprint density at radius 2 is 1.42 bits per heavy atom. The molecule has 2 aliphatic carbocycles. The molecule has 0 amide bonds. The summed E-state index contributed by atoms with van der Waals surface area (Å²) in [5.41, 5.74) is 3.53. The molecule has 0 heterocycles. The van der Waals surface area contributed by atoms with Gasteiger partial charge in [-0.15, -0.1) is 0 Å². The maximum Gasteiger partial charge on any atom is 0.196 e. The molecule has 1 unspecified atom stereocenters. The lowest BCUT2D eigenvalue weighted by molar-refractivity contribution is 0.0979. The zero-order valence-electron chi connectivity index (χ0n) is 19.3. The molecule has 0 aromatic heterocycles. The molecular weight excluding hydrogens is 382 g/mol. The van der Waals surface area contributed by atoms with E-state index in [1.54, 1.807) is 24.3 Å². The predicted molar refractivity (Wildman–Crippen MR) is 127 cm³/mol. The van der Waals surface area contributed by atoms with E-state index in [0.29, 0.717) is 22.3 Å². The largest absolute Gasteiger partial charge is 0.375 e. The van der Waals surface area contributed by atoms with Gasteiger partial charge in [0, 0.05) is 22.4 Å². The van der Waals surface area contributed by atoms with Gasteiger partial charge in [0.25, 0.3) is 0 Å². The van der Waals surface area contributed by atoms with E-state index in [1.165, 1.54) is 5.57 Å². The molecule has 31 heavy (non-hydrogen) atoms. The maximum absolute atomic E-state index is 13.4. The SMILES string of the molecule is CC(C)(C)C1=CCC(Nc2cccc3c2C(=O)c2ccccc2C3=O)(C(C)(C)C)C=C1. The lowest BCUT2D eigenvalue weighted by Crippen LogP contribution is -2.49. The summed E-state index contributed by atoms with van der Waals surface area (Å²) in [6, 6.07) is 12.6. The number of hydrogen-bond acceptors (Lipinski definition) is 3. The van der Waals surface area contributed by atoms with Crippen LogP contribution in [0, 0.1) is 10.8 Å². The average molecular weight is 414 g/mol. The van der Waals surface area contributed by atoms with Crippen LogP contribution in [0.15, 0.2) is 66.3 Å². The van der Waals surface area contributed by atoms with Crippen LogP contribution in [0.3, 0.4) is 0 Å². The molecule has 0 spiro atoms. The number of carbonyl (C=O) groups is 2. The molecule has 2 aliphatic rings. The minimum Gasteiger partial charge on any atom is -0.375 e. The summed E-state index contributed by atoms with van der Waals surface area (Å²) >= 11 is 0. The maximum atomic E-state index is 13.4. The summed E-state index contributed by atoms with van der Waals surface area (Å²) in [5.74, 6) is -0.184. The monoisotopic (exact) mass is 413 g/mol. The molecule has 1 N–H and O–H groups in total. The second kappa shape index (κ2) is 7.05. The highest BCUT2D eigenvalue weighted by atomic mass is 16.1. The highest BCUT2D eigenvalue weighted by Gasteiger charge is 2.42. The van der Waals surface area contributed by atoms with Gasteiger partial charge in [0.05, 0.1) is 11.1 Å². The number of anilines is 1.